The minimum atomic E-state index is -0.476. The van der Waals surface area contributed by atoms with Crippen LogP contribution in [0.1, 0.15) is 16.1 Å². The van der Waals surface area contributed by atoms with Gasteiger partial charge in [0.15, 0.2) is 0 Å². The fourth-order valence-electron chi connectivity index (χ4n) is 1.64. The van der Waals surface area contributed by atoms with Gasteiger partial charge in [0.25, 0.3) is 0 Å². The predicted molar refractivity (Wildman–Crippen MR) is 63.3 cm³/mol. The second-order valence-electron chi connectivity index (χ2n) is 3.51. The normalized spacial score (nSPS) is 10.8. The predicted octanol–water partition coefficient (Wildman–Crippen LogP) is 3.02. The Hall–Kier alpha value is -1.52. The zero-order valence-electron chi connectivity index (χ0n) is 9.45. The smallest absolute Gasteiger partial charge is 0.341 e. The molecule has 0 unspecified atom stereocenters. The average Bonchev–Trinajstić information content (AvgIpc) is 2.69. The number of esters is 1. The van der Waals surface area contributed by atoms with Gasteiger partial charge in [-0.15, -0.1) is 0 Å². The molecule has 90 valence electrons. The number of rotatable bonds is 3. The van der Waals surface area contributed by atoms with E-state index in [-0.39, 0.29) is 0 Å². The first kappa shape index (κ1) is 12.0. The van der Waals surface area contributed by atoms with Gasteiger partial charge in [0.05, 0.1) is 7.11 Å². The van der Waals surface area contributed by atoms with E-state index in [1.807, 2.05) is 0 Å². The zero-order valence-corrected chi connectivity index (χ0v) is 10.2. The maximum Gasteiger partial charge on any atom is 0.341 e. The van der Waals surface area contributed by atoms with Gasteiger partial charge in [0, 0.05) is 17.5 Å². The summed E-state index contributed by atoms with van der Waals surface area (Å²) in [5.74, 6) is 0.158. The minimum Gasteiger partial charge on any atom is -0.465 e. The Morgan fingerprint density at radius 3 is 2.76 bits per heavy atom. The van der Waals surface area contributed by atoms with E-state index in [1.165, 1.54) is 13.2 Å². The molecule has 0 spiro atoms. The van der Waals surface area contributed by atoms with Gasteiger partial charge in [-0.2, -0.15) is 0 Å². The van der Waals surface area contributed by atoms with E-state index in [2.05, 4.69) is 4.74 Å². The third-order valence-corrected chi connectivity index (χ3v) is 2.54. The summed E-state index contributed by atoms with van der Waals surface area (Å²) in [4.78, 5) is 11.6. The number of benzene rings is 1. The van der Waals surface area contributed by atoms with Gasteiger partial charge < -0.3 is 13.9 Å². The molecule has 1 aromatic heterocycles. The molecule has 2 aromatic rings. The largest absolute Gasteiger partial charge is 0.465 e. The standard InChI is InChI=1S/C12H11ClO4/c1-15-6-9-4-7-3-8(13)5-10(11(7)17-9)12(14)16-2/h3-5H,6H2,1-2H3. The average molecular weight is 255 g/mol. The molecule has 0 aliphatic rings. The van der Waals surface area contributed by atoms with Gasteiger partial charge in [-0.05, 0) is 18.2 Å². The molecule has 0 amide bonds. The summed E-state index contributed by atoms with van der Waals surface area (Å²) < 4.78 is 15.2. The summed E-state index contributed by atoms with van der Waals surface area (Å²) in [5, 5.41) is 1.22. The highest BCUT2D eigenvalue weighted by molar-refractivity contribution is 6.32. The Morgan fingerprint density at radius 2 is 2.12 bits per heavy atom. The van der Waals surface area contributed by atoms with Gasteiger partial charge in [-0.3, -0.25) is 0 Å². The van der Waals surface area contributed by atoms with Crippen LogP contribution in [0.2, 0.25) is 5.02 Å². The van der Waals surface area contributed by atoms with Crippen LogP contribution in [0, 0.1) is 0 Å². The van der Waals surface area contributed by atoms with E-state index in [1.54, 1.807) is 19.2 Å². The third-order valence-electron chi connectivity index (χ3n) is 2.32. The van der Waals surface area contributed by atoms with Gasteiger partial charge in [0.2, 0.25) is 0 Å². The van der Waals surface area contributed by atoms with Crippen LogP contribution in [-0.2, 0) is 16.1 Å². The van der Waals surface area contributed by atoms with Gasteiger partial charge in [-0.25, -0.2) is 4.79 Å². The van der Waals surface area contributed by atoms with Crippen LogP contribution < -0.4 is 0 Å². The Bertz CT molecular complexity index is 559. The van der Waals surface area contributed by atoms with Crippen LogP contribution in [0.5, 0.6) is 0 Å². The molecule has 0 saturated carbocycles. The van der Waals surface area contributed by atoms with Crippen molar-refractivity contribution in [3.8, 4) is 0 Å². The van der Waals surface area contributed by atoms with E-state index in [0.29, 0.717) is 28.5 Å². The summed E-state index contributed by atoms with van der Waals surface area (Å²) >= 11 is 5.93. The summed E-state index contributed by atoms with van der Waals surface area (Å²) in [5.41, 5.74) is 0.783. The van der Waals surface area contributed by atoms with E-state index < -0.39 is 5.97 Å². The second-order valence-corrected chi connectivity index (χ2v) is 3.95. The molecule has 0 saturated heterocycles. The highest BCUT2D eigenvalue weighted by atomic mass is 35.5. The molecule has 1 heterocycles. The number of ether oxygens (including phenoxy) is 2. The minimum absolute atomic E-state index is 0.317. The molecule has 0 aliphatic heterocycles. The molecule has 1 aromatic carbocycles. The molecule has 2 rings (SSSR count). The van der Waals surface area contributed by atoms with Crippen molar-refractivity contribution in [3.05, 3.63) is 34.5 Å². The van der Waals surface area contributed by atoms with Crippen molar-refractivity contribution in [3.63, 3.8) is 0 Å². The molecule has 5 heteroatoms. The Kier molecular flexibility index (Phi) is 3.36. The number of carbonyl (C=O) groups excluding carboxylic acids is 1. The number of fused-ring (bicyclic) bond motifs is 1. The second kappa shape index (κ2) is 4.77. The van der Waals surface area contributed by atoms with Crippen LogP contribution in [-0.4, -0.2) is 20.2 Å². The molecule has 0 bridgehead atoms. The Balaban J connectivity index is 2.61. The summed E-state index contributed by atoms with van der Waals surface area (Å²) in [6, 6.07) is 5.04. The van der Waals surface area contributed by atoms with Crippen LogP contribution in [0.3, 0.4) is 0 Å². The number of carbonyl (C=O) groups is 1. The van der Waals surface area contributed by atoms with Crippen molar-refractivity contribution >= 4 is 28.5 Å². The molecular weight excluding hydrogens is 244 g/mol. The summed E-state index contributed by atoms with van der Waals surface area (Å²) in [6.07, 6.45) is 0. The fraction of sp³-hybridized carbons (Fsp3) is 0.250. The van der Waals surface area contributed by atoms with Crippen molar-refractivity contribution in [1.29, 1.82) is 0 Å². The molecule has 0 aliphatic carbocycles. The maximum atomic E-state index is 11.6. The van der Waals surface area contributed by atoms with Crippen molar-refractivity contribution in [2.24, 2.45) is 0 Å². The lowest BCUT2D eigenvalue weighted by Crippen LogP contribution is -2.01. The monoisotopic (exact) mass is 254 g/mol. The van der Waals surface area contributed by atoms with Crippen LogP contribution in [0.4, 0.5) is 0 Å². The van der Waals surface area contributed by atoms with Crippen molar-refractivity contribution in [2.75, 3.05) is 14.2 Å². The Morgan fingerprint density at radius 1 is 1.35 bits per heavy atom. The van der Waals surface area contributed by atoms with Crippen molar-refractivity contribution in [2.45, 2.75) is 6.61 Å². The number of hydrogen-bond acceptors (Lipinski definition) is 4. The van der Waals surface area contributed by atoms with Crippen LogP contribution in [0.25, 0.3) is 11.0 Å². The first-order chi connectivity index (χ1) is 8.15. The summed E-state index contributed by atoms with van der Waals surface area (Å²) in [6.45, 7) is 0.340. The maximum absolute atomic E-state index is 11.6. The van der Waals surface area contributed by atoms with Crippen molar-refractivity contribution < 1.29 is 18.7 Å². The van der Waals surface area contributed by atoms with Crippen LogP contribution >= 0.6 is 11.6 Å². The van der Waals surface area contributed by atoms with Crippen molar-refractivity contribution in [1.82, 2.24) is 0 Å². The van der Waals surface area contributed by atoms with Gasteiger partial charge >= 0.3 is 5.97 Å². The van der Waals surface area contributed by atoms with Crippen LogP contribution in [0.15, 0.2) is 22.6 Å². The lowest BCUT2D eigenvalue weighted by molar-refractivity contribution is 0.0601. The fourth-order valence-corrected chi connectivity index (χ4v) is 1.87. The highest BCUT2D eigenvalue weighted by Gasteiger charge is 2.16. The van der Waals surface area contributed by atoms with E-state index >= 15 is 0 Å². The number of hydrogen-bond donors (Lipinski definition) is 0. The quantitative estimate of drug-likeness (QED) is 0.790. The molecule has 0 N–H and O–H groups in total. The Labute approximate surface area is 103 Å². The topological polar surface area (TPSA) is 48.7 Å². The summed E-state index contributed by atoms with van der Waals surface area (Å²) in [7, 11) is 2.88. The third kappa shape index (κ3) is 2.28. The van der Waals surface area contributed by atoms with E-state index in [0.717, 1.165) is 5.39 Å². The first-order valence-corrected chi connectivity index (χ1v) is 5.32. The SMILES string of the molecule is COCc1cc2cc(Cl)cc(C(=O)OC)c2o1. The first-order valence-electron chi connectivity index (χ1n) is 4.95. The molecule has 4 nitrogen and oxygen atoms in total. The van der Waals surface area contributed by atoms with Gasteiger partial charge in [-0.1, -0.05) is 11.6 Å². The highest BCUT2D eigenvalue weighted by Crippen LogP contribution is 2.28. The molecular formula is C12H11ClO4. The van der Waals surface area contributed by atoms with E-state index in [4.69, 9.17) is 20.8 Å². The zero-order chi connectivity index (χ0) is 12.4. The van der Waals surface area contributed by atoms with E-state index in [9.17, 15) is 4.79 Å². The number of furan rings is 1. The number of methoxy groups -OCH3 is 2. The molecule has 0 atom stereocenters. The molecule has 17 heavy (non-hydrogen) atoms. The van der Waals surface area contributed by atoms with Gasteiger partial charge in [0.1, 0.15) is 23.5 Å². The lowest BCUT2D eigenvalue weighted by atomic mass is 10.1. The lowest BCUT2D eigenvalue weighted by Gasteiger charge is -2.00. The molecule has 0 radical (unpaired) electrons. The molecule has 0 fully saturated rings. The number of halogens is 1.